The Hall–Kier alpha value is -1.33. The molecule has 0 amide bonds. The molecule has 2 aromatic rings. The number of piperidine rings is 1. The molecule has 2 saturated heterocycles. The summed E-state index contributed by atoms with van der Waals surface area (Å²) in [5.74, 6) is 0. The van der Waals surface area contributed by atoms with Crippen molar-refractivity contribution in [3.63, 3.8) is 0 Å². The minimum absolute atomic E-state index is 0.510. The monoisotopic (exact) mass is 305 g/mol. The molecule has 112 valence electrons. The second-order valence-electron chi connectivity index (χ2n) is 6.16. The fourth-order valence-electron chi connectivity index (χ4n) is 3.99. The van der Waals surface area contributed by atoms with Gasteiger partial charge in [-0.15, -0.1) is 0 Å². The Morgan fingerprint density at radius 3 is 2.52 bits per heavy atom. The van der Waals surface area contributed by atoms with Crippen molar-refractivity contribution in [2.24, 2.45) is 0 Å². The molecule has 0 aromatic carbocycles. The first-order chi connectivity index (χ1) is 10.3. The first kappa shape index (κ1) is 13.3. The van der Waals surface area contributed by atoms with E-state index in [4.69, 9.17) is 11.6 Å². The van der Waals surface area contributed by atoms with Gasteiger partial charge in [-0.3, -0.25) is 14.3 Å². The average molecular weight is 306 g/mol. The number of halogens is 1. The maximum absolute atomic E-state index is 6.00. The van der Waals surface area contributed by atoms with Gasteiger partial charge in [0.2, 0.25) is 0 Å². The maximum atomic E-state index is 6.00. The summed E-state index contributed by atoms with van der Waals surface area (Å²) >= 11 is 6.00. The van der Waals surface area contributed by atoms with E-state index in [1.807, 2.05) is 29.3 Å². The fourth-order valence-corrected chi connectivity index (χ4v) is 4.14. The van der Waals surface area contributed by atoms with Crippen molar-refractivity contribution in [1.82, 2.24) is 24.5 Å². The van der Waals surface area contributed by atoms with Crippen molar-refractivity contribution in [2.75, 3.05) is 6.54 Å². The first-order valence-electron chi connectivity index (χ1n) is 7.72. The molecule has 2 unspecified atom stereocenters. The van der Waals surface area contributed by atoms with Gasteiger partial charge in [0.1, 0.15) is 0 Å². The van der Waals surface area contributed by atoms with E-state index in [9.17, 15) is 0 Å². The van der Waals surface area contributed by atoms with Crippen LogP contribution < -0.4 is 0 Å². The normalized spacial score (nSPS) is 29.1. The van der Waals surface area contributed by atoms with E-state index in [-0.39, 0.29) is 0 Å². The number of nitrogens with zero attached hydrogens (tertiary/aromatic N) is 5. The van der Waals surface area contributed by atoms with Crippen LogP contribution in [0.3, 0.4) is 0 Å². The van der Waals surface area contributed by atoms with Gasteiger partial charge in [-0.25, -0.2) is 0 Å². The summed E-state index contributed by atoms with van der Waals surface area (Å²) in [7, 11) is 0. The van der Waals surface area contributed by atoms with Gasteiger partial charge >= 0.3 is 0 Å². The summed E-state index contributed by atoms with van der Waals surface area (Å²) in [6.07, 6.45) is 12.6. The third-order valence-electron chi connectivity index (χ3n) is 4.95. The number of fused-ring (bicyclic) bond motifs is 2. The molecule has 0 aliphatic carbocycles. The highest BCUT2D eigenvalue weighted by Gasteiger charge is 2.41. The zero-order valence-corrected chi connectivity index (χ0v) is 12.7. The van der Waals surface area contributed by atoms with Crippen LogP contribution in [0.4, 0.5) is 0 Å². The number of aromatic nitrogens is 4. The van der Waals surface area contributed by atoms with E-state index >= 15 is 0 Å². The third-order valence-corrected chi connectivity index (χ3v) is 5.15. The Morgan fingerprint density at radius 1 is 1.10 bits per heavy atom. The molecule has 2 aliphatic heterocycles. The molecule has 0 saturated carbocycles. The molecule has 2 aromatic heterocycles. The van der Waals surface area contributed by atoms with Gasteiger partial charge in [0.15, 0.2) is 0 Å². The molecule has 2 bridgehead atoms. The van der Waals surface area contributed by atoms with E-state index in [0.29, 0.717) is 18.1 Å². The zero-order chi connectivity index (χ0) is 14.2. The molecule has 6 heteroatoms. The summed E-state index contributed by atoms with van der Waals surface area (Å²) in [4.78, 5) is 2.68. The Kier molecular flexibility index (Phi) is 3.47. The van der Waals surface area contributed by atoms with Crippen LogP contribution in [0.2, 0.25) is 5.02 Å². The molecule has 0 radical (unpaired) electrons. The molecule has 2 aliphatic rings. The predicted octanol–water partition coefficient (Wildman–Crippen LogP) is 2.60. The van der Waals surface area contributed by atoms with Crippen LogP contribution >= 0.6 is 11.6 Å². The van der Waals surface area contributed by atoms with E-state index in [0.717, 1.165) is 18.1 Å². The molecule has 21 heavy (non-hydrogen) atoms. The van der Waals surface area contributed by atoms with E-state index in [2.05, 4.69) is 19.8 Å². The van der Waals surface area contributed by atoms with Crippen LogP contribution in [0.15, 0.2) is 30.9 Å². The summed E-state index contributed by atoms with van der Waals surface area (Å²) in [5.41, 5.74) is 0. The van der Waals surface area contributed by atoms with Crippen LogP contribution in [0.1, 0.15) is 31.7 Å². The van der Waals surface area contributed by atoms with Gasteiger partial charge in [-0.1, -0.05) is 11.6 Å². The van der Waals surface area contributed by atoms with Gasteiger partial charge in [-0.2, -0.15) is 10.2 Å². The summed E-state index contributed by atoms with van der Waals surface area (Å²) in [6, 6.07) is 3.87. The highest BCUT2D eigenvalue weighted by molar-refractivity contribution is 6.30. The van der Waals surface area contributed by atoms with Gasteiger partial charge in [0.25, 0.3) is 0 Å². The van der Waals surface area contributed by atoms with Crippen molar-refractivity contribution in [1.29, 1.82) is 0 Å². The summed E-state index contributed by atoms with van der Waals surface area (Å²) < 4.78 is 4.09. The first-order valence-corrected chi connectivity index (χ1v) is 8.10. The van der Waals surface area contributed by atoms with Gasteiger partial charge in [-0.05, 0) is 31.7 Å². The van der Waals surface area contributed by atoms with Crippen LogP contribution in [-0.2, 0) is 6.54 Å². The van der Waals surface area contributed by atoms with Crippen molar-refractivity contribution in [3.05, 3.63) is 35.9 Å². The highest BCUT2D eigenvalue weighted by atomic mass is 35.5. The smallest absolute Gasteiger partial charge is 0.0785 e. The van der Waals surface area contributed by atoms with Crippen molar-refractivity contribution in [3.8, 4) is 0 Å². The predicted molar refractivity (Wildman–Crippen MR) is 81.3 cm³/mol. The molecular weight excluding hydrogens is 286 g/mol. The van der Waals surface area contributed by atoms with Crippen LogP contribution in [-0.4, -0.2) is 43.1 Å². The van der Waals surface area contributed by atoms with Gasteiger partial charge in [0, 0.05) is 37.2 Å². The van der Waals surface area contributed by atoms with Gasteiger partial charge in [0.05, 0.1) is 23.8 Å². The molecule has 4 heterocycles. The third kappa shape index (κ3) is 2.60. The fraction of sp³-hybridized carbons (Fsp3) is 0.600. The lowest BCUT2D eigenvalue weighted by atomic mass is 9.97. The van der Waals surface area contributed by atoms with Gasteiger partial charge < -0.3 is 0 Å². The second-order valence-corrected chi connectivity index (χ2v) is 6.59. The quantitative estimate of drug-likeness (QED) is 0.871. The Morgan fingerprint density at radius 2 is 1.90 bits per heavy atom. The van der Waals surface area contributed by atoms with E-state index in [1.165, 1.54) is 25.7 Å². The molecule has 5 nitrogen and oxygen atoms in total. The van der Waals surface area contributed by atoms with E-state index < -0.39 is 0 Å². The number of hydrogen-bond acceptors (Lipinski definition) is 3. The minimum Gasteiger partial charge on any atom is -0.295 e. The van der Waals surface area contributed by atoms with Crippen molar-refractivity contribution < 1.29 is 0 Å². The number of rotatable bonds is 4. The average Bonchev–Trinajstić information content (AvgIpc) is 3.18. The molecule has 0 N–H and O–H groups in total. The largest absolute Gasteiger partial charge is 0.295 e. The summed E-state index contributed by atoms with van der Waals surface area (Å²) in [6.45, 7) is 2.09. The second kappa shape index (κ2) is 5.46. The lowest BCUT2D eigenvalue weighted by molar-refractivity contribution is 0.0974. The molecular formula is C15H20ClN5. The zero-order valence-electron chi connectivity index (χ0n) is 12.0. The maximum Gasteiger partial charge on any atom is 0.0785 e. The van der Waals surface area contributed by atoms with Crippen LogP contribution in [0, 0.1) is 0 Å². The molecule has 0 spiro atoms. The summed E-state index contributed by atoms with van der Waals surface area (Å²) in [5, 5.41) is 9.44. The Balaban J connectivity index is 1.41. The molecule has 4 rings (SSSR count). The lowest BCUT2D eigenvalue weighted by Crippen LogP contribution is -2.44. The van der Waals surface area contributed by atoms with Crippen LogP contribution in [0.5, 0.6) is 0 Å². The van der Waals surface area contributed by atoms with Crippen molar-refractivity contribution >= 4 is 11.6 Å². The topological polar surface area (TPSA) is 38.9 Å². The van der Waals surface area contributed by atoms with Crippen LogP contribution in [0.25, 0.3) is 0 Å². The van der Waals surface area contributed by atoms with Crippen molar-refractivity contribution in [2.45, 2.75) is 50.4 Å². The molecule has 2 atom stereocenters. The van der Waals surface area contributed by atoms with E-state index in [1.54, 1.807) is 6.20 Å². The number of hydrogen-bond donors (Lipinski definition) is 0. The highest BCUT2D eigenvalue weighted by Crippen LogP contribution is 2.40. The SMILES string of the molecule is Clc1cnn(C2CC3CCC(C2)N3CCn2cccn2)c1. The Labute approximate surface area is 129 Å². The molecule has 2 fully saturated rings. The minimum atomic E-state index is 0.510. The lowest BCUT2D eigenvalue weighted by Gasteiger charge is -2.39. The standard InChI is InChI=1S/C15H20ClN5/c16-12-10-18-21(11-12)15-8-13-2-3-14(9-15)20(13)7-6-19-5-1-4-17-19/h1,4-5,10-11,13-15H,2-3,6-9H2. The Bertz CT molecular complexity index is 579.